The van der Waals surface area contributed by atoms with Crippen molar-refractivity contribution in [2.45, 2.75) is 0 Å². The molecule has 2 heterocycles. The first-order valence-electron chi connectivity index (χ1n) is 3.29. The van der Waals surface area contributed by atoms with Crippen molar-refractivity contribution in [3.63, 3.8) is 0 Å². The fourth-order valence-electron chi connectivity index (χ4n) is 1.11. The van der Waals surface area contributed by atoms with E-state index in [-0.39, 0.29) is 5.95 Å². The Balaban J connectivity index is 2.73. The lowest BCUT2D eigenvalue weighted by molar-refractivity contribution is 0.346. The summed E-state index contributed by atoms with van der Waals surface area (Å²) in [6.45, 7) is 0. The Labute approximate surface area is 63.0 Å². The maximum absolute atomic E-state index is 8.96. The third kappa shape index (κ3) is 0.756. The molecule has 2 N–H and O–H groups in total. The molecule has 2 rings (SSSR count). The zero-order valence-corrected chi connectivity index (χ0v) is 6.03. The molecule has 0 radical (unpaired) electrons. The highest BCUT2D eigenvalue weighted by atomic mass is 16.5. The lowest BCUT2D eigenvalue weighted by Crippen LogP contribution is -2.05. The number of aromatic nitrogens is 1. The third-order valence-corrected chi connectivity index (χ3v) is 1.60. The van der Waals surface area contributed by atoms with E-state index in [0.29, 0.717) is 5.58 Å². The fraction of sp³-hybridized carbons (Fsp3) is 0.143. The van der Waals surface area contributed by atoms with E-state index >= 15 is 0 Å². The van der Waals surface area contributed by atoms with Crippen LogP contribution in [0, 0.1) is 0 Å². The van der Waals surface area contributed by atoms with E-state index in [9.17, 15) is 0 Å². The minimum absolute atomic E-state index is 0.0559. The Hall–Kier alpha value is -1.58. The van der Waals surface area contributed by atoms with Gasteiger partial charge in [-0.2, -0.15) is 0 Å². The van der Waals surface area contributed by atoms with Crippen LogP contribution < -0.4 is 5.43 Å². The molecule has 0 saturated carbocycles. The maximum Gasteiger partial charge on any atom is 0.284 e. The topological polar surface area (TPSA) is 50.3 Å². The van der Waals surface area contributed by atoms with Gasteiger partial charge in [0.15, 0.2) is 5.58 Å². The molecule has 2 aromatic rings. The Morgan fingerprint density at radius 2 is 2.45 bits per heavy atom. The van der Waals surface area contributed by atoms with E-state index in [4.69, 9.17) is 9.52 Å². The predicted octanol–water partition coefficient (Wildman–Crippen LogP) is 1.11. The molecule has 4 heteroatoms. The standard InChI is InChI=1S/C7H8N2O2/c1-8-9-3-2-6-5(9)4-7(10)11-6/h2-4,8,10H,1H3. The number of aromatic hydroxyl groups is 1. The molecule has 0 aromatic carbocycles. The first-order chi connectivity index (χ1) is 5.31. The second-order valence-electron chi connectivity index (χ2n) is 2.24. The van der Waals surface area contributed by atoms with Crippen molar-refractivity contribution >= 4 is 11.1 Å². The molecule has 0 amide bonds. The van der Waals surface area contributed by atoms with E-state index in [2.05, 4.69) is 5.43 Å². The monoisotopic (exact) mass is 152 g/mol. The molecule has 0 aliphatic heterocycles. The van der Waals surface area contributed by atoms with E-state index in [1.165, 1.54) is 0 Å². The van der Waals surface area contributed by atoms with Gasteiger partial charge in [-0.3, -0.25) is 4.68 Å². The Kier molecular flexibility index (Phi) is 1.09. The van der Waals surface area contributed by atoms with E-state index in [0.717, 1.165) is 5.52 Å². The zero-order chi connectivity index (χ0) is 7.84. The fourth-order valence-corrected chi connectivity index (χ4v) is 1.11. The molecular weight excluding hydrogens is 144 g/mol. The van der Waals surface area contributed by atoms with Crippen LogP contribution in [0.1, 0.15) is 0 Å². The van der Waals surface area contributed by atoms with Crippen LogP contribution in [-0.4, -0.2) is 16.8 Å². The highest BCUT2D eigenvalue weighted by Gasteiger charge is 2.05. The van der Waals surface area contributed by atoms with Crippen LogP contribution in [0.2, 0.25) is 0 Å². The molecule has 4 nitrogen and oxygen atoms in total. The predicted molar refractivity (Wildman–Crippen MR) is 41.2 cm³/mol. The van der Waals surface area contributed by atoms with Crippen LogP contribution in [0.15, 0.2) is 22.7 Å². The van der Waals surface area contributed by atoms with Crippen molar-refractivity contribution in [2.24, 2.45) is 0 Å². The summed E-state index contributed by atoms with van der Waals surface area (Å²) in [5, 5.41) is 8.96. The largest absolute Gasteiger partial charge is 0.481 e. The number of hydrogen-bond donors (Lipinski definition) is 2. The summed E-state index contributed by atoms with van der Waals surface area (Å²) in [6.07, 6.45) is 1.83. The van der Waals surface area contributed by atoms with Gasteiger partial charge in [0, 0.05) is 25.4 Å². The number of furan rings is 1. The van der Waals surface area contributed by atoms with Crippen molar-refractivity contribution in [1.82, 2.24) is 4.68 Å². The molecule has 0 bridgehead atoms. The van der Waals surface area contributed by atoms with Crippen LogP contribution >= 0.6 is 0 Å². The SMILES string of the molecule is CNn1ccc2oc(O)cc21. The summed E-state index contributed by atoms with van der Waals surface area (Å²) < 4.78 is 6.71. The summed E-state index contributed by atoms with van der Waals surface area (Å²) in [5.74, 6) is -0.0559. The minimum Gasteiger partial charge on any atom is -0.481 e. The highest BCUT2D eigenvalue weighted by Crippen LogP contribution is 2.23. The Morgan fingerprint density at radius 1 is 1.64 bits per heavy atom. The van der Waals surface area contributed by atoms with Gasteiger partial charge in [0.25, 0.3) is 5.95 Å². The van der Waals surface area contributed by atoms with Crippen LogP contribution in [0.5, 0.6) is 5.95 Å². The smallest absolute Gasteiger partial charge is 0.284 e. The number of rotatable bonds is 1. The number of hydrogen-bond acceptors (Lipinski definition) is 3. The van der Waals surface area contributed by atoms with Gasteiger partial charge in [0.1, 0.15) is 5.52 Å². The summed E-state index contributed by atoms with van der Waals surface area (Å²) in [6, 6.07) is 3.34. The highest BCUT2D eigenvalue weighted by molar-refractivity contribution is 5.75. The average molecular weight is 152 g/mol. The number of fused-ring (bicyclic) bond motifs is 1. The van der Waals surface area contributed by atoms with Gasteiger partial charge in [-0.15, -0.1) is 0 Å². The number of nitrogens with zero attached hydrogens (tertiary/aromatic N) is 1. The van der Waals surface area contributed by atoms with Gasteiger partial charge >= 0.3 is 0 Å². The maximum atomic E-state index is 8.96. The molecule has 0 unspecified atom stereocenters. The van der Waals surface area contributed by atoms with Gasteiger partial charge in [-0.25, -0.2) is 0 Å². The summed E-state index contributed by atoms with van der Waals surface area (Å²) >= 11 is 0. The molecule has 11 heavy (non-hydrogen) atoms. The Morgan fingerprint density at radius 3 is 3.18 bits per heavy atom. The van der Waals surface area contributed by atoms with Gasteiger partial charge < -0.3 is 14.9 Å². The van der Waals surface area contributed by atoms with Crippen LogP contribution in [0.3, 0.4) is 0 Å². The van der Waals surface area contributed by atoms with Crippen molar-refractivity contribution in [3.8, 4) is 5.95 Å². The van der Waals surface area contributed by atoms with E-state index in [1.807, 2.05) is 6.20 Å². The first-order valence-corrected chi connectivity index (χ1v) is 3.29. The van der Waals surface area contributed by atoms with Gasteiger partial charge in [-0.05, 0) is 0 Å². The number of nitrogens with one attached hydrogen (secondary N) is 1. The second-order valence-corrected chi connectivity index (χ2v) is 2.24. The van der Waals surface area contributed by atoms with E-state index in [1.54, 1.807) is 23.9 Å². The molecule has 0 aliphatic carbocycles. The molecule has 0 fully saturated rings. The third-order valence-electron chi connectivity index (χ3n) is 1.60. The molecule has 0 saturated heterocycles. The lowest BCUT2D eigenvalue weighted by atomic mass is 10.5. The molecular formula is C7H8N2O2. The van der Waals surface area contributed by atoms with Crippen molar-refractivity contribution in [2.75, 3.05) is 12.5 Å². The van der Waals surface area contributed by atoms with Crippen molar-refractivity contribution in [3.05, 3.63) is 18.3 Å². The summed E-state index contributed by atoms with van der Waals surface area (Å²) in [7, 11) is 1.80. The molecule has 2 aromatic heterocycles. The van der Waals surface area contributed by atoms with Crippen LogP contribution in [0.4, 0.5) is 0 Å². The second kappa shape index (κ2) is 1.95. The van der Waals surface area contributed by atoms with Crippen molar-refractivity contribution in [1.29, 1.82) is 0 Å². The lowest BCUT2D eigenvalue weighted by Gasteiger charge is -1.98. The van der Waals surface area contributed by atoms with Crippen molar-refractivity contribution < 1.29 is 9.52 Å². The summed E-state index contributed by atoms with van der Waals surface area (Å²) in [4.78, 5) is 0. The average Bonchev–Trinajstić information content (AvgIpc) is 2.45. The zero-order valence-electron chi connectivity index (χ0n) is 6.03. The van der Waals surface area contributed by atoms with Gasteiger partial charge in [0.05, 0.1) is 0 Å². The van der Waals surface area contributed by atoms with Crippen LogP contribution in [0.25, 0.3) is 11.1 Å². The molecule has 58 valence electrons. The molecule has 0 atom stereocenters. The molecule has 0 spiro atoms. The first kappa shape index (κ1) is 6.15. The van der Waals surface area contributed by atoms with Gasteiger partial charge in [0.2, 0.25) is 0 Å². The summed E-state index contributed by atoms with van der Waals surface area (Å²) in [5.41, 5.74) is 4.42. The normalized spacial score (nSPS) is 10.6. The van der Waals surface area contributed by atoms with Crippen LogP contribution in [-0.2, 0) is 0 Å². The van der Waals surface area contributed by atoms with Gasteiger partial charge in [-0.1, -0.05) is 0 Å². The quantitative estimate of drug-likeness (QED) is 0.643. The Bertz CT molecular complexity index is 375. The minimum atomic E-state index is -0.0559. The molecule has 0 aliphatic rings. The van der Waals surface area contributed by atoms with E-state index < -0.39 is 0 Å².